The van der Waals surface area contributed by atoms with Crippen molar-refractivity contribution in [2.75, 3.05) is 5.32 Å². The molecule has 11 heteroatoms. The van der Waals surface area contributed by atoms with Gasteiger partial charge in [0.25, 0.3) is 5.56 Å². The molecule has 3 rings (SSSR count). The van der Waals surface area contributed by atoms with Crippen LogP contribution < -0.4 is 16.6 Å². The first kappa shape index (κ1) is 23.9. The van der Waals surface area contributed by atoms with Crippen LogP contribution in [0.15, 0.2) is 32.8 Å². The van der Waals surface area contributed by atoms with E-state index in [0.717, 1.165) is 22.4 Å². The Morgan fingerprint density at radius 2 is 1.84 bits per heavy atom. The number of hydrogen-bond acceptors (Lipinski definition) is 6. The molecule has 0 bridgehead atoms. The number of aryl methyl sites for hydroxylation is 1. The minimum atomic E-state index is -0.691. The summed E-state index contributed by atoms with van der Waals surface area (Å²) in [4.78, 5) is 47.2. The average Bonchev–Trinajstić information content (AvgIpc) is 2.71. The van der Waals surface area contributed by atoms with Gasteiger partial charge < -0.3 is 5.32 Å². The fraction of sp³-hybridized carbons (Fsp3) is 0.381. The number of anilines is 1. The summed E-state index contributed by atoms with van der Waals surface area (Å²) < 4.78 is 15.5. The third kappa shape index (κ3) is 4.56. The number of fused-ring (bicyclic) bond motifs is 1. The fourth-order valence-corrected chi connectivity index (χ4v) is 4.05. The third-order valence-corrected chi connectivity index (χ3v) is 6.18. The second kappa shape index (κ2) is 8.67. The van der Waals surface area contributed by atoms with E-state index in [4.69, 9.17) is 11.6 Å². The Bertz CT molecular complexity index is 1350. The van der Waals surface area contributed by atoms with E-state index >= 15 is 0 Å². The number of nitrogens with one attached hydrogen (secondary N) is 1. The van der Waals surface area contributed by atoms with Crippen molar-refractivity contribution in [3.05, 3.63) is 55.7 Å². The first-order chi connectivity index (χ1) is 14.8. The molecule has 1 unspecified atom stereocenters. The van der Waals surface area contributed by atoms with Crippen molar-refractivity contribution in [3.63, 3.8) is 0 Å². The van der Waals surface area contributed by atoms with E-state index in [1.165, 1.54) is 30.8 Å². The molecule has 0 saturated heterocycles. The number of aromatic nitrogens is 4. The quantitative estimate of drug-likeness (QED) is 0.455. The van der Waals surface area contributed by atoms with Gasteiger partial charge in [0.15, 0.2) is 5.65 Å². The lowest BCUT2D eigenvalue weighted by Gasteiger charge is -2.20. The summed E-state index contributed by atoms with van der Waals surface area (Å²) in [5.41, 5.74) is -1.04. The number of carbonyl (C=O) groups excluding carboxylic acids is 1. The van der Waals surface area contributed by atoms with Gasteiger partial charge in [-0.3, -0.25) is 18.7 Å². The summed E-state index contributed by atoms with van der Waals surface area (Å²) in [6.07, 6.45) is 0. The van der Waals surface area contributed by atoms with Crippen LogP contribution in [-0.2, 0) is 24.3 Å². The van der Waals surface area contributed by atoms with Crippen molar-refractivity contribution in [2.45, 2.75) is 43.4 Å². The summed E-state index contributed by atoms with van der Waals surface area (Å²) in [7, 11) is 2.91. The standard InChI is InChI=1S/C21H23ClFN5O3S/c1-10(16(29)24-13-8-7-11(23)9-12(13)22)32-17-14-15(25-19(26-17)21(2,3)4)27(5)20(31)28(6)18(14)30/h7-10H,1-6H3,(H,24,29). The Balaban J connectivity index is 2.08. The summed E-state index contributed by atoms with van der Waals surface area (Å²) in [5, 5.41) is 2.49. The predicted molar refractivity (Wildman–Crippen MR) is 124 cm³/mol. The molecule has 0 aliphatic heterocycles. The van der Waals surface area contributed by atoms with E-state index in [2.05, 4.69) is 15.3 Å². The zero-order chi connectivity index (χ0) is 24.0. The number of halogens is 2. The van der Waals surface area contributed by atoms with Gasteiger partial charge in [0.1, 0.15) is 22.1 Å². The molecule has 0 radical (unpaired) electrons. The van der Waals surface area contributed by atoms with Gasteiger partial charge in [0.2, 0.25) is 5.91 Å². The van der Waals surface area contributed by atoms with E-state index < -0.39 is 33.6 Å². The van der Waals surface area contributed by atoms with Gasteiger partial charge in [-0.05, 0) is 25.1 Å². The molecule has 2 aromatic heterocycles. The van der Waals surface area contributed by atoms with E-state index in [1.54, 1.807) is 6.92 Å². The smallest absolute Gasteiger partial charge is 0.324 e. The lowest BCUT2D eigenvalue weighted by molar-refractivity contribution is -0.115. The van der Waals surface area contributed by atoms with Crippen LogP contribution in [0.5, 0.6) is 0 Å². The van der Waals surface area contributed by atoms with Crippen LogP contribution in [0, 0.1) is 5.82 Å². The normalized spacial score (nSPS) is 12.8. The van der Waals surface area contributed by atoms with Crippen molar-refractivity contribution in [1.82, 2.24) is 19.1 Å². The molecular weight excluding hydrogens is 457 g/mol. The minimum Gasteiger partial charge on any atom is -0.324 e. The number of rotatable bonds is 4. The summed E-state index contributed by atoms with van der Waals surface area (Å²) in [6.45, 7) is 7.38. The molecule has 1 aromatic carbocycles. The first-order valence-electron chi connectivity index (χ1n) is 9.72. The van der Waals surface area contributed by atoms with E-state index in [1.807, 2.05) is 20.8 Å². The first-order valence-corrected chi connectivity index (χ1v) is 11.0. The van der Waals surface area contributed by atoms with Crippen LogP contribution in [0.1, 0.15) is 33.5 Å². The lowest BCUT2D eigenvalue weighted by Crippen LogP contribution is -2.38. The summed E-state index contributed by atoms with van der Waals surface area (Å²) in [5.74, 6) is -0.488. The van der Waals surface area contributed by atoms with Gasteiger partial charge >= 0.3 is 5.69 Å². The number of benzene rings is 1. The molecule has 0 aliphatic carbocycles. The van der Waals surface area contributed by atoms with Gasteiger partial charge in [-0.15, -0.1) is 0 Å². The number of hydrogen-bond donors (Lipinski definition) is 1. The van der Waals surface area contributed by atoms with Crippen LogP contribution in [0.3, 0.4) is 0 Å². The van der Waals surface area contributed by atoms with Gasteiger partial charge in [0, 0.05) is 19.5 Å². The highest BCUT2D eigenvalue weighted by Gasteiger charge is 2.26. The molecule has 0 aliphatic rings. The highest BCUT2D eigenvalue weighted by molar-refractivity contribution is 8.00. The highest BCUT2D eigenvalue weighted by Crippen LogP contribution is 2.30. The summed E-state index contributed by atoms with van der Waals surface area (Å²) in [6, 6.07) is 3.67. The van der Waals surface area contributed by atoms with Crippen molar-refractivity contribution >= 4 is 46.0 Å². The molecule has 0 spiro atoms. The van der Waals surface area contributed by atoms with Crippen molar-refractivity contribution in [2.24, 2.45) is 14.1 Å². The molecule has 32 heavy (non-hydrogen) atoms. The van der Waals surface area contributed by atoms with E-state index in [9.17, 15) is 18.8 Å². The van der Waals surface area contributed by atoms with Crippen LogP contribution in [-0.4, -0.2) is 30.3 Å². The highest BCUT2D eigenvalue weighted by atomic mass is 35.5. The Kier molecular flexibility index (Phi) is 6.48. The minimum absolute atomic E-state index is 0.0712. The van der Waals surface area contributed by atoms with E-state index in [-0.39, 0.29) is 21.7 Å². The number of amides is 1. The van der Waals surface area contributed by atoms with Crippen molar-refractivity contribution in [1.29, 1.82) is 0 Å². The zero-order valence-electron chi connectivity index (χ0n) is 18.5. The van der Waals surface area contributed by atoms with Gasteiger partial charge in [0.05, 0.1) is 16.0 Å². The Labute approximate surface area is 192 Å². The molecule has 0 fully saturated rings. The topological polar surface area (TPSA) is 98.9 Å². The molecule has 1 atom stereocenters. The molecule has 170 valence electrons. The molecule has 2 heterocycles. The Hall–Kier alpha value is -2.72. The Morgan fingerprint density at radius 3 is 2.44 bits per heavy atom. The van der Waals surface area contributed by atoms with Gasteiger partial charge in [-0.1, -0.05) is 44.1 Å². The second-order valence-electron chi connectivity index (χ2n) is 8.38. The largest absolute Gasteiger partial charge is 0.332 e. The van der Waals surface area contributed by atoms with Crippen LogP contribution in [0.4, 0.5) is 10.1 Å². The van der Waals surface area contributed by atoms with Crippen molar-refractivity contribution < 1.29 is 9.18 Å². The molecule has 1 amide bonds. The number of nitrogens with zero attached hydrogens (tertiary/aromatic N) is 4. The fourth-order valence-electron chi connectivity index (χ4n) is 2.90. The third-order valence-electron chi connectivity index (χ3n) is 4.78. The molecule has 8 nitrogen and oxygen atoms in total. The van der Waals surface area contributed by atoms with Crippen LogP contribution >= 0.6 is 23.4 Å². The van der Waals surface area contributed by atoms with Gasteiger partial charge in [-0.2, -0.15) is 0 Å². The Morgan fingerprint density at radius 1 is 1.19 bits per heavy atom. The lowest BCUT2D eigenvalue weighted by atomic mass is 9.96. The van der Waals surface area contributed by atoms with Crippen LogP contribution in [0.25, 0.3) is 11.0 Å². The van der Waals surface area contributed by atoms with Crippen LogP contribution in [0.2, 0.25) is 5.02 Å². The number of carbonyl (C=O) groups is 1. The average molecular weight is 480 g/mol. The van der Waals surface area contributed by atoms with Gasteiger partial charge in [-0.25, -0.2) is 19.2 Å². The second-order valence-corrected chi connectivity index (χ2v) is 10.1. The molecule has 1 N–H and O–H groups in total. The van der Waals surface area contributed by atoms with E-state index in [0.29, 0.717) is 10.9 Å². The molecular formula is C21H23ClFN5O3S. The molecule has 0 saturated carbocycles. The number of thioether (sulfide) groups is 1. The SMILES string of the molecule is CC(Sc1nc(C(C)(C)C)nc2c1c(=O)n(C)c(=O)n2C)C(=O)Nc1ccc(F)cc1Cl. The predicted octanol–water partition coefficient (Wildman–Crippen LogP) is 3.24. The zero-order valence-corrected chi connectivity index (χ0v) is 20.1. The maximum Gasteiger partial charge on any atom is 0.332 e. The van der Waals surface area contributed by atoms with Crippen molar-refractivity contribution in [3.8, 4) is 0 Å². The maximum atomic E-state index is 13.3. The summed E-state index contributed by atoms with van der Waals surface area (Å²) >= 11 is 7.07. The monoisotopic (exact) mass is 479 g/mol. The molecule has 3 aromatic rings. The maximum absolute atomic E-state index is 13.3.